The molecule has 1 amide bonds. The van der Waals surface area contributed by atoms with Gasteiger partial charge in [-0.3, -0.25) is 14.9 Å². The number of hydrogen-bond donors (Lipinski definition) is 3. The second-order valence-corrected chi connectivity index (χ2v) is 11.0. The topological polar surface area (TPSA) is 131 Å². The molecule has 2 aromatic carbocycles. The molecule has 0 bridgehead atoms. The van der Waals surface area contributed by atoms with Gasteiger partial charge in [0.15, 0.2) is 0 Å². The number of thioether (sulfide) groups is 1. The van der Waals surface area contributed by atoms with E-state index in [1.165, 1.54) is 11.8 Å². The fraction of sp³-hybridized carbons (Fsp3) is 0.500. The van der Waals surface area contributed by atoms with Crippen molar-refractivity contribution in [2.24, 2.45) is 5.92 Å². The summed E-state index contributed by atoms with van der Waals surface area (Å²) in [7, 11) is 0. The van der Waals surface area contributed by atoms with Crippen molar-refractivity contribution in [3.05, 3.63) is 60.2 Å². The number of carboxylic acids is 1. The number of likely N-dealkylation sites (tertiary alicyclic amines) is 1. The zero-order chi connectivity index (χ0) is 28.7. The maximum Gasteiger partial charge on any atom is 0.410 e. The molecule has 1 aliphatic heterocycles. The van der Waals surface area contributed by atoms with Crippen LogP contribution in [-0.4, -0.2) is 65.6 Å². The summed E-state index contributed by atoms with van der Waals surface area (Å²) in [6, 6.07) is 15.3. The number of carboxylic acid groups (broad SMARTS) is 1. The van der Waals surface area contributed by atoms with Gasteiger partial charge in [-0.15, -0.1) is 36.6 Å². The second kappa shape index (κ2) is 20.3. The van der Waals surface area contributed by atoms with Gasteiger partial charge < -0.3 is 25.2 Å². The lowest BCUT2D eigenvalue weighted by atomic mass is 9.91. The van der Waals surface area contributed by atoms with Crippen molar-refractivity contribution >= 4 is 60.3 Å². The van der Waals surface area contributed by atoms with Crippen LogP contribution in [-0.2, 0) is 25.7 Å². The number of para-hydroxylation sites is 1. The molecule has 1 saturated heterocycles. The van der Waals surface area contributed by atoms with Gasteiger partial charge in [-0.25, -0.2) is 4.79 Å². The number of ether oxygens (including phenoxy) is 2. The number of carbonyl (C=O) groups is 3. The summed E-state index contributed by atoms with van der Waals surface area (Å²) in [6.07, 6.45) is 4.72. The van der Waals surface area contributed by atoms with Crippen LogP contribution < -0.4 is 11.1 Å². The monoisotopic (exact) mass is 643 g/mol. The number of nitrogens with zero attached hydrogens (tertiary/aromatic N) is 1. The number of unbranched alkanes of at least 4 members (excludes halogenated alkanes) is 1. The molecule has 1 aliphatic rings. The number of nitrogen functional groups attached to an aromatic ring is 1. The van der Waals surface area contributed by atoms with Gasteiger partial charge in [-0.1, -0.05) is 61.7 Å². The first-order valence-corrected chi connectivity index (χ1v) is 14.9. The lowest BCUT2D eigenvalue weighted by molar-refractivity contribution is -0.147. The number of anilines is 1. The lowest BCUT2D eigenvalue weighted by Gasteiger charge is -2.31. The number of benzene rings is 2. The highest BCUT2D eigenvalue weighted by Crippen LogP contribution is 2.26. The number of rotatable bonds is 15. The Bertz CT molecular complexity index is 1090. The molecule has 3 rings (SSSR count). The zero-order valence-electron chi connectivity index (χ0n) is 23.9. The van der Waals surface area contributed by atoms with Gasteiger partial charge in [-0.05, 0) is 49.8 Å². The molecule has 1 fully saturated rings. The number of halogens is 2. The molecule has 4 N–H and O–H groups in total. The van der Waals surface area contributed by atoms with Gasteiger partial charge in [0, 0.05) is 29.4 Å². The quantitative estimate of drug-likeness (QED) is 0.0955. The molecule has 9 nitrogen and oxygen atoms in total. The van der Waals surface area contributed by atoms with Crippen LogP contribution in [0.15, 0.2) is 59.5 Å². The van der Waals surface area contributed by atoms with Crippen molar-refractivity contribution in [3.8, 4) is 0 Å². The van der Waals surface area contributed by atoms with Crippen molar-refractivity contribution in [3.63, 3.8) is 0 Å². The average molecular weight is 645 g/mol. The van der Waals surface area contributed by atoms with Gasteiger partial charge in [-0.2, -0.15) is 0 Å². The van der Waals surface area contributed by atoms with Crippen LogP contribution in [0.1, 0.15) is 51.0 Å². The summed E-state index contributed by atoms with van der Waals surface area (Å²) < 4.78 is 10.7. The van der Waals surface area contributed by atoms with Crippen molar-refractivity contribution in [1.82, 2.24) is 10.2 Å². The predicted molar refractivity (Wildman–Crippen MR) is 170 cm³/mol. The Morgan fingerprint density at radius 2 is 1.67 bits per heavy atom. The third-order valence-electron chi connectivity index (χ3n) is 7.03. The molecule has 42 heavy (non-hydrogen) atoms. The standard InChI is InChI=1S/C30H41N3O6S.2ClH/c1-2-38-29(36)25(32-26(28(34)35)21-40-27-15-9-7-13-24(27)31)14-8-6-10-22-16-18-33(19-17-22)30(37)39-20-23-11-4-3-5-12-23;;/h3-5,7,9,11-13,15,22,25-26,32H,2,6,8,10,14,16-21,31H2,1H3,(H,34,35);2*1H/t25?,26-;;/m0../s1. The van der Waals surface area contributed by atoms with E-state index in [1.54, 1.807) is 17.9 Å². The van der Waals surface area contributed by atoms with Crippen LogP contribution in [0.4, 0.5) is 10.5 Å². The van der Waals surface area contributed by atoms with Crippen molar-refractivity contribution in [2.75, 3.05) is 31.2 Å². The summed E-state index contributed by atoms with van der Waals surface area (Å²) >= 11 is 1.34. The van der Waals surface area contributed by atoms with E-state index in [0.29, 0.717) is 31.1 Å². The maximum atomic E-state index is 12.6. The number of carbonyl (C=O) groups excluding carboxylic acids is 2. The van der Waals surface area contributed by atoms with Gasteiger partial charge in [0.05, 0.1) is 6.61 Å². The number of nitrogens with one attached hydrogen (secondary N) is 1. The molecule has 234 valence electrons. The first-order valence-electron chi connectivity index (χ1n) is 14.0. The molecular weight excluding hydrogens is 601 g/mol. The third-order valence-corrected chi connectivity index (χ3v) is 8.21. The minimum atomic E-state index is -1.02. The summed E-state index contributed by atoms with van der Waals surface area (Å²) in [5.74, 6) is -0.719. The molecule has 1 unspecified atom stereocenters. The van der Waals surface area contributed by atoms with E-state index in [4.69, 9.17) is 15.2 Å². The highest BCUT2D eigenvalue weighted by molar-refractivity contribution is 7.99. The summed E-state index contributed by atoms with van der Waals surface area (Å²) in [6.45, 7) is 3.60. The smallest absolute Gasteiger partial charge is 0.410 e. The van der Waals surface area contributed by atoms with Crippen LogP contribution >= 0.6 is 36.6 Å². The lowest BCUT2D eigenvalue weighted by Crippen LogP contribution is -2.49. The van der Waals surface area contributed by atoms with E-state index in [2.05, 4.69) is 5.32 Å². The van der Waals surface area contributed by atoms with Gasteiger partial charge in [0.1, 0.15) is 18.7 Å². The first-order chi connectivity index (χ1) is 19.4. The first kappa shape index (κ1) is 37.4. The highest BCUT2D eigenvalue weighted by atomic mass is 35.5. The zero-order valence-corrected chi connectivity index (χ0v) is 26.4. The molecule has 12 heteroatoms. The second-order valence-electron chi connectivity index (χ2n) is 9.97. The fourth-order valence-corrected chi connectivity index (χ4v) is 5.72. The van der Waals surface area contributed by atoms with Gasteiger partial charge in [0.2, 0.25) is 0 Å². The van der Waals surface area contributed by atoms with Crippen molar-refractivity contribution in [2.45, 2.75) is 69.0 Å². The Balaban J connectivity index is 0.00000441. The van der Waals surface area contributed by atoms with Crippen LogP contribution in [0.2, 0.25) is 0 Å². The molecule has 1 heterocycles. The molecule has 0 saturated carbocycles. The summed E-state index contributed by atoms with van der Waals surface area (Å²) in [5.41, 5.74) is 7.54. The predicted octanol–water partition coefficient (Wildman–Crippen LogP) is 5.79. The van der Waals surface area contributed by atoms with Crippen molar-refractivity contribution < 1.29 is 29.0 Å². The highest BCUT2D eigenvalue weighted by Gasteiger charge is 2.28. The third kappa shape index (κ3) is 12.7. The molecule has 0 aliphatic carbocycles. The summed E-state index contributed by atoms with van der Waals surface area (Å²) in [5, 5.41) is 12.8. The van der Waals surface area contributed by atoms with Crippen molar-refractivity contribution in [1.29, 1.82) is 0 Å². The molecule has 2 aromatic rings. The average Bonchev–Trinajstić information content (AvgIpc) is 2.96. The Morgan fingerprint density at radius 1 is 1.00 bits per heavy atom. The summed E-state index contributed by atoms with van der Waals surface area (Å²) in [4.78, 5) is 39.6. The maximum absolute atomic E-state index is 12.6. The molecule has 0 aromatic heterocycles. The number of esters is 1. The Hall–Kier alpha value is -2.66. The van der Waals surface area contributed by atoms with Crippen LogP contribution in [0, 0.1) is 5.92 Å². The number of amides is 1. The molecular formula is C30H43Cl2N3O6S. The van der Waals surface area contributed by atoms with E-state index >= 15 is 0 Å². The van der Waals surface area contributed by atoms with Crippen LogP contribution in [0.25, 0.3) is 0 Å². The molecule has 0 spiro atoms. The minimum Gasteiger partial charge on any atom is -0.480 e. The normalized spacial score (nSPS) is 14.5. The largest absolute Gasteiger partial charge is 0.480 e. The Kier molecular flexibility index (Phi) is 18.0. The Labute approximate surface area is 265 Å². The number of nitrogens with two attached hydrogens (primary N) is 1. The van der Waals surface area contributed by atoms with Gasteiger partial charge in [0.25, 0.3) is 0 Å². The van der Waals surface area contributed by atoms with Gasteiger partial charge >= 0.3 is 18.0 Å². The van der Waals surface area contributed by atoms with E-state index in [-0.39, 0.29) is 49.9 Å². The van der Waals surface area contributed by atoms with E-state index < -0.39 is 24.0 Å². The fourth-order valence-electron chi connectivity index (χ4n) is 4.73. The number of aliphatic carboxylic acids is 1. The molecule has 0 radical (unpaired) electrons. The van der Waals surface area contributed by atoms with Crippen LogP contribution in [0.3, 0.4) is 0 Å². The van der Waals surface area contributed by atoms with Crippen LogP contribution in [0.5, 0.6) is 0 Å². The van der Waals surface area contributed by atoms with E-state index in [1.807, 2.05) is 48.5 Å². The SMILES string of the molecule is CCOC(=O)C(CCCCC1CCN(C(=O)OCc2ccccc2)CC1)N[C@@H](CSc1ccccc1N)C(=O)O.Cl.Cl. The Morgan fingerprint density at radius 3 is 2.31 bits per heavy atom. The molecule has 2 atom stereocenters. The minimum absolute atomic E-state index is 0. The van der Waals surface area contributed by atoms with E-state index in [0.717, 1.165) is 42.6 Å². The number of hydrogen-bond acceptors (Lipinski definition) is 8. The van der Waals surface area contributed by atoms with E-state index in [9.17, 15) is 19.5 Å². The number of piperidine rings is 1.